The van der Waals surface area contributed by atoms with E-state index in [1.165, 1.54) is 64.2 Å². The van der Waals surface area contributed by atoms with Crippen LogP contribution in [-0.2, 0) is 43.8 Å². The van der Waals surface area contributed by atoms with Crippen LogP contribution >= 0.6 is 24.4 Å². The van der Waals surface area contributed by atoms with Gasteiger partial charge in [-0.1, -0.05) is 8.64 Å². The molecule has 7 heteroatoms. The minimum Gasteiger partial charge on any atom is -0.415 e. The fourth-order valence-corrected chi connectivity index (χ4v) is 4.23. The summed E-state index contributed by atoms with van der Waals surface area (Å²) < 4.78 is 0.167. The van der Waals surface area contributed by atoms with Crippen molar-refractivity contribution in [3.8, 4) is 0 Å². The monoisotopic (exact) mass is 480 g/mol. The molecule has 0 rings (SSSR count). The average Bonchev–Trinajstić information content (AvgIpc) is 2.43. The van der Waals surface area contributed by atoms with Crippen LogP contribution < -0.4 is 11.5 Å². The molecule has 0 bridgehead atoms. The van der Waals surface area contributed by atoms with Crippen LogP contribution in [0.3, 0.4) is 0 Å². The normalized spacial score (nSPS) is 8.96. The molecule has 0 aromatic carbocycles. The fraction of sp³-hybridized carbons (Fsp3) is 0.875. The van der Waals surface area contributed by atoms with Gasteiger partial charge in [0.1, 0.15) is 0 Å². The van der Waals surface area contributed by atoms with Crippen molar-refractivity contribution < 1.29 is 18.6 Å². The Kier molecular flexibility index (Phi) is 34.6. The smallest absolute Gasteiger partial charge is 0.0708 e. The summed E-state index contributed by atoms with van der Waals surface area (Å²) >= 11 is 16.9. The number of rotatable bonds is 12. The van der Waals surface area contributed by atoms with Gasteiger partial charge >= 0.3 is 106 Å². The number of hydrogen-bond acceptors (Lipinski definition) is 4. The largest absolute Gasteiger partial charge is 0.415 e. The third kappa shape index (κ3) is 60.1. The summed E-state index contributed by atoms with van der Waals surface area (Å²) in [5, 5.41) is 0. The summed E-state index contributed by atoms with van der Waals surface area (Å²) in [6.07, 6.45) is 14.7. The standard InChI is InChI=1S/2C7H15.2CH3NS2.Mo/c2*1-3-5-7-6-4-2;2*2-1(3)4;/h2*1,3-7H2,2H3;2*(H3,2,3,4);/q;;;;+2/p-2. The van der Waals surface area contributed by atoms with Crippen LogP contribution in [0.15, 0.2) is 0 Å². The van der Waals surface area contributed by atoms with E-state index >= 15 is 0 Å². The summed E-state index contributed by atoms with van der Waals surface area (Å²) in [5.41, 5.74) is 9.31. The molecule has 0 heterocycles. The minimum absolute atomic E-state index is 0.0833. The molecule has 4 N–H and O–H groups in total. The van der Waals surface area contributed by atoms with Crippen molar-refractivity contribution in [3.05, 3.63) is 0 Å². The average molecular weight is 479 g/mol. The first-order valence-corrected chi connectivity index (χ1v) is 12.9. The van der Waals surface area contributed by atoms with Crippen molar-refractivity contribution in [2.45, 2.75) is 87.7 Å². The first-order valence-electron chi connectivity index (χ1n) is 8.39. The van der Waals surface area contributed by atoms with Crippen LogP contribution in [0.25, 0.3) is 0 Å². The van der Waals surface area contributed by atoms with E-state index in [4.69, 9.17) is 0 Å². The number of hydrogen-bond donors (Lipinski definition) is 2. The Bertz CT molecular complexity index is 222. The van der Waals surface area contributed by atoms with E-state index in [1.54, 1.807) is 9.62 Å². The van der Waals surface area contributed by atoms with E-state index in [0.29, 0.717) is 18.6 Å². The zero-order valence-electron chi connectivity index (χ0n) is 14.7. The van der Waals surface area contributed by atoms with Gasteiger partial charge in [-0.3, -0.25) is 0 Å². The van der Waals surface area contributed by atoms with Gasteiger partial charge in [0.25, 0.3) is 0 Å². The van der Waals surface area contributed by atoms with Crippen LogP contribution in [-0.4, -0.2) is 8.64 Å². The van der Waals surface area contributed by atoms with E-state index in [9.17, 15) is 0 Å². The third-order valence-electron chi connectivity index (χ3n) is 2.78. The molecule has 0 fully saturated rings. The topological polar surface area (TPSA) is 52.0 Å². The number of nitrogens with two attached hydrogens (primary N) is 2. The van der Waals surface area contributed by atoms with Gasteiger partial charge in [0.15, 0.2) is 0 Å². The second kappa shape index (κ2) is 27.7. The van der Waals surface area contributed by atoms with Gasteiger partial charge in [0, 0.05) is 0 Å². The van der Waals surface area contributed by atoms with Crippen molar-refractivity contribution in [2.75, 3.05) is 0 Å². The molecule has 0 saturated heterocycles. The van der Waals surface area contributed by atoms with Crippen molar-refractivity contribution in [1.82, 2.24) is 0 Å². The molecule has 0 aliphatic carbocycles. The quantitative estimate of drug-likeness (QED) is 0.170. The molecule has 0 atom stereocenters. The molecular weight excluding hydrogens is 444 g/mol. The second-order valence-electron chi connectivity index (χ2n) is 5.08. The van der Waals surface area contributed by atoms with E-state index in [1.807, 2.05) is 0 Å². The van der Waals surface area contributed by atoms with E-state index in [0.717, 1.165) is 0 Å². The fourth-order valence-electron chi connectivity index (χ4n) is 1.72. The first-order chi connectivity index (χ1) is 10.9. The molecule has 0 unspecified atom stereocenters. The molecule has 0 aliphatic rings. The van der Waals surface area contributed by atoms with Crippen LogP contribution in [0, 0.1) is 0 Å². The van der Waals surface area contributed by atoms with Gasteiger partial charge in [-0.2, -0.15) is 0 Å². The first kappa shape index (κ1) is 28.7. The Morgan fingerprint density at radius 1 is 0.696 bits per heavy atom. The van der Waals surface area contributed by atoms with Gasteiger partial charge in [-0.05, 0) is 0 Å². The van der Waals surface area contributed by atoms with E-state index in [2.05, 4.69) is 75.0 Å². The maximum absolute atomic E-state index is 4.66. The predicted octanol–water partition coefficient (Wildman–Crippen LogP) is 5.40. The molecule has 0 aliphatic heterocycles. The molecule has 2 nitrogen and oxygen atoms in total. The van der Waals surface area contributed by atoms with Crippen LogP contribution in [0.5, 0.6) is 0 Å². The maximum Gasteiger partial charge on any atom is -0.0708 e. The number of thiocarbonyl (C=S) groups is 2. The van der Waals surface area contributed by atoms with Gasteiger partial charge in [-0.15, -0.1) is 0 Å². The summed E-state index contributed by atoms with van der Waals surface area (Å²) in [6, 6.07) is 0. The molecule has 0 aromatic rings. The van der Waals surface area contributed by atoms with E-state index < -0.39 is 0 Å². The van der Waals surface area contributed by atoms with Gasteiger partial charge in [0.2, 0.25) is 0 Å². The summed E-state index contributed by atoms with van der Waals surface area (Å²) in [5.74, 6) is 0. The van der Waals surface area contributed by atoms with Crippen molar-refractivity contribution in [1.29, 1.82) is 0 Å². The Morgan fingerprint density at radius 3 is 1.22 bits per heavy atom. The van der Waals surface area contributed by atoms with Crippen LogP contribution in [0.1, 0.15) is 78.1 Å². The molecule has 0 radical (unpaired) electrons. The molecule has 23 heavy (non-hydrogen) atoms. The maximum atomic E-state index is 4.66. The second-order valence-corrected chi connectivity index (χ2v) is 10.4. The Morgan fingerprint density at radius 2 is 0.957 bits per heavy atom. The number of unbranched alkanes of at least 4 members (excludes halogenated alkanes) is 8. The Labute approximate surface area is 175 Å². The van der Waals surface area contributed by atoms with Crippen LogP contribution in [0.2, 0.25) is 9.62 Å². The van der Waals surface area contributed by atoms with Gasteiger partial charge in [-0.25, -0.2) is 0 Å². The van der Waals surface area contributed by atoms with E-state index in [-0.39, 0.29) is 8.64 Å². The van der Waals surface area contributed by atoms with Gasteiger partial charge < -0.3 is 61.2 Å². The molecule has 0 amide bonds. The molecule has 0 saturated carbocycles. The summed E-state index contributed by atoms with van der Waals surface area (Å²) in [7, 11) is 0. The Balaban J connectivity index is -0.000000413. The summed E-state index contributed by atoms with van der Waals surface area (Å²) in [4.78, 5) is 3.23. The Hall–Kier alpha value is 0.908. The van der Waals surface area contributed by atoms with Gasteiger partial charge in [0.05, 0.1) is 0 Å². The SMILES string of the molecule is CCCCCC[CH2][Mo+2][CH2]CCCCCC.NC(=S)[S-].NC(=S)[S-]. The third-order valence-corrected chi connectivity index (χ3v) is 5.62. The molecular formula is C16H34MoN2S4. The van der Waals surface area contributed by atoms with Crippen molar-refractivity contribution in [3.63, 3.8) is 0 Å². The minimum atomic E-state index is 0.0833. The van der Waals surface area contributed by atoms with Crippen LogP contribution in [0.4, 0.5) is 0 Å². The zero-order chi connectivity index (χ0) is 18.3. The predicted molar refractivity (Wildman–Crippen MR) is 115 cm³/mol. The zero-order valence-corrected chi connectivity index (χ0v) is 20.0. The van der Waals surface area contributed by atoms with Crippen molar-refractivity contribution >= 4 is 58.3 Å². The molecule has 0 aromatic heterocycles. The van der Waals surface area contributed by atoms with Crippen molar-refractivity contribution in [2.24, 2.45) is 11.5 Å². The molecule has 138 valence electrons. The molecule has 0 spiro atoms. The summed E-state index contributed by atoms with van der Waals surface area (Å²) in [6.45, 7) is 4.59.